The summed E-state index contributed by atoms with van der Waals surface area (Å²) in [5.74, 6) is -0.757. The average molecular weight is 304 g/mol. The Morgan fingerprint density at radius 3 is 2.43 bits per heavy atom. The Morgan fingerprint density at radius 2 is 1.81 bits per heavy atom. The Labute approximate surface area is 125 Å². The maximum atomic E-state index is 12.2. The first-order valence-corrected chi connectivity index (χ1v) is 9.88. The molecule has 0 N–H and O–H groups in total. The van der Waals surface area contributed by atoms with Crippen LogP contribution in [0.15, 0.2) is 42.5 Å². The molecule has 0 bridgehead atoms. The fourth-order valence-electron chi connectivity index (χ4n) is 2.42. The van der Waals surface area contributed by atoms with Crippen LogP contribution in [-0.2, 0) is 14.1 Å². The van der Waals surface area contributed by atoms with Gasteiger partial charge in [0.05, 0.1) is 19.7 Å². The monoisotopic (exact) mass is 304 g/mol. The van der Waals surface area contributed by atoms with Crippen molar-refractivity contribution in [2.75, 3.05) is 26.1 Å². The topological polar surface area (TPSA) is 43.4 Å². The van der Waals surface area contributed by atoms with E-state index < -0.39 is 13.1 Å². The Bertz CT molecular complexity index is 687. The largest absolute Gasteiger partial charge is 0.466 e. The van der Waals surface area contributed by atoms with Gasteiger partial charge in [-0.05, 0) is 36.6 Å². The second kappa shape index (κ2) is 6.44. The van der Waals surface area contributed by atoms with Crippen LogP contribution in [0.1, 0.15) is 18.4 Å². The molecule has 112 valence electrons. The summed E-state index contributed by atoms with van der Waals surface area (Å²) in [6.07, 6.45) is 0.337. The maximum Gasteiger partial charge on any atom is 0.313 e. The Kier molecular flexibility index (Phi) is 4.84. The summed E-state index contributed by atoms with van der Waals surface area (Å²) in [4.78, 5) is 12.2. The molecule has 0 aliphatic heterocycles. The molecular formula is C17H21O3P. The Balaban J connectivity index is 2.42. The zero-order valence-electron chi connectivity index (χ0n) is 12.7. The molecule has 1 atom stereocenters. The lowest BCUT2D eigenvalue weighted by Crippen LogP contribution is -2.19. The van der Waals surface area contributed by atoms with Crippen molar-refractivity contribution >= 4 is 23.9 Å². The van der Waals surface area contributed by atoms with E-state index in [9.17, 15) is 9.36 Å². The lowest BCUT2D eigenvalue weighted by atomic mass is 9.98. The van der Waals surface area contributed by atoms with Crippen molar-refractivity contribution in [1.29, 1.82) is 0 Å². The first-order chi connectivity index (χ1) is 9.90. The summed E-state index contributed by atoms with van der Waals surface area (Å²) in [6, 6.07) is 13.9. The molecule has 0 fully saturated rings. The van der Waals surface area contributed by atoms with Gasteiger partial charge < -0.3 is 9.30 Å². The normalized spacial score (nSPS) is 13.1. The highest BCUT2D eigenvalue weighted by molar-refractivity contribution is 7.62. The number of esters is 1. The van der Waals surface area contributed by atoms with Crippen molar-refractivity contribution in [3.05, 3.63) is 48.0 Å². The minimum atomic E-state index is -2.33. The highest BCUT2D eigenvalue weighted by atomic mass is 31.2. The van der Waals surface area contributed by atoms with E-state index in [4.69, 9.17) is 4.74 Å². The summed E-state index contributed by atoms with van der Waals surface area (Å²) in [5.41, 5.74) is 0.871. The highest BCUT2D eigenvalue weighted by Crippen LogP contribution is 2.42. The number of hydrogen-bond acceptors (Lipinski definition) is 3. The van der Waals surface area contributed by atoms with Crippen LogP contribution < -0.4 is 0 Å². The molecule has 3 nitrogen and oxygen atoms in total. The van der Waals surface area contributed by atoms with E-state index in [1.165, 1.54) is 0 Å². The summed E-state index contributed by atoms with van der Waals surface area (Å²) in [6.45, 7) is 5.54. The van der Waals surface area contributed by atoms with Crippen molar-refractivity contribution in [1.82, 2.24) is 0 Å². The second-order valence-corrected chi connectivity index (χ2v) is 9.18. The summed E-state index contributed by atoms with van der Waals surface area (Å²) in [5, 5.41) is 2.20. The van der Waals surface area contributed by atoms with Crippen molar-refractivity contribution in [2.24, 2.45) is 0 Å². The molecule has 0 unspecified atom stereocenters. The molecule has 2 aromatic rings. The van der Waals surface area contributed by atoms with Gasteiger partial charge in [0.2, 0.25) is 0 Å². The van der Waals surface area contributed by atoms with Crippen molar-refractivity contribution in [3.8, 4) is 0 Å². The molecule has 0 saturated heterocycles. The van der Waals surface area contributed by atoms with E-state index >= 15 is 0 Å². The smallest absolute Gasteiger partial charge is 0.313 e. The summed E-state index contributed by atoms with van der Waals surface area (Å²) in [7, 11) is -2.33. The fourth-order valence-corrected chi connectivity index (χ4v) is 3.66. The lowest BCUT2D eigenvalue weighted by molar-refractivity contribution is -0.144. The van der Waals surface area contributed by atoms with Gasteiger partial charge in [-0.2, -0.15) is 0 Å². The van der Waals surface area contributed by atoms with Gasteiger partial charge in [-0.1, -0.05) is 42.5 Å². The Morgan fingerprint density at radius 1 is 1.14 bits per heavy atom. The number of ether oxygens (including phenoxy) is 1. The molecule has 0 radical (unpaired) electrons. The van der Waals surface area contributed by atoms with Crippen LogP contribution >= 0.6 is 7.14 Å². The zero-order valence-corrected chi connectivity index (χ0v) is 13.6. The third-order valence-electron chi connectivity index (χ3n) is 3.37. The summed E-state index contributed by atoms with van der Waals surface area (Å²) >= 11 is 0. The average Bonchev–Trinajstić information content (AvgIpc) is 2.43. The zero-order chi connectivity index (χ0) is 15.5. The molecule has 0 aliphatic rings. The minimum absolute atomic E-state index is 0.295. The van der Waals surface area contributed by atoms with Gasteiger partial charge in [-0.25, -0.2) is 0 Å². The molecule has 0 amide bonds. The van der Waals surface area contributed by atoms with Crippen molar-refractivity contribution in [2.45, 2.75) is 12.8 Å². The quantitative estimate of drug-likeness (QED) is 0.617. The van der Waals surface area contributed by atoms with Crippen LogP contribution in [0.25, 0.3) is 10.8 Å². The SMILES string of the molecule is CCOC(=O)[C@@H](CP(C)(C)=O)c1ccc2ccccc2c1. The molecule has 0 aliphatic carbocycles. The fraction of sp³-hybridized carbons (Fsp3) is 0.353. The van der Waals surface area contributed by atoms with Crippen LogP contribution in [-0.4, -0.2) is 32.1 Å². The highest BCUT2D eigenvalue weighted by Gasteiger charge is 2.27. The molecule has 0 saturated carbocycles. The first-order valence-electron chi connectivity index (χ1n) is 7.10. The molecule has 0 spiro atoms. The predicted octanol–water partition coefficient (Wildman–Crippen LogP) is 4.11. The van der Waals surface area contributed by atoms with Gasteiger partial charge in [0.25, 0.3) is 0 Å². The van der Waals surface area contributed by atoms with E-state index in [-0.39, 0.29) is 5.97 Å². The van der Waals surface area contributed by atoms with Gasteiger partial charge in [-0.15, -0.1) is 0 Å². The molecule has 0 heterocycles. The summed E-state index contributed by atoms with van der Waals surface area (Å²) < 4.78 is 17.3. The second-order valence-electron chi connectivity index (χ2n) is 5.67. The van der Waals surface area contributed by atoms with Crippen molar-refractivity contribution < 1.29 is 14.1 Å². The van der Waals surface area contributed by atoms with Crippen LogP contribution in [0.3, 0.4) is 0 Å². The van der Waals surface area contributed by atoms with Crippen molar-refractivity contribution in [3.63, 3.8) is 0 Å². The Hall–Kier alpha value is -1.60. The number of benzene rings is 2. The maximum absolute atomic E-state index is 12.2. The van der Waals surface area contributed by atoms with Crippen LogP contribution in [0.5, 0.6) is 0 Å². The molecule has 21 heavy (non-hydrogen) atoms. The van der Waals surface area contributed by atoms with Gasteiger partial charge >= 0.3 is 5.97 Å². The molecule has 2 aromatic carbocycles. The first kappa shape index (κ1) is 15.8. The minimum Gasteiger partial charge on any atom is -0.466 e. The number of fused-ring (bicyclic) bond motifs is 1. The lowest BCUT2D eigenvalue weighted by Gasteiger charge is -2.18. The van der Waals surface area contributed by atoms with Gasteiger partial charge in [-0.3, -0.25) is 4.79 Å². The number of carbonyl (C=O) groups excluding carboxylic acids is 1. The van der Waals surface area contributed by atoms with Gasteiger partial charge in [0, 0.05) is 6.16 Å². The molecular weight excluding hydrogens is 283 g/mol. The van der Waals surface area contributed by atoms with Gasteiger partial charge in [0.15, 0.2) is 0 Å². The standard InChI is InChI=1S/C17H21O3P/c1-4-20-17(18)16(12-21(2,3)19)15-10-9-13-7-5-6-8-14(13)11-15/h5-11,16H,4,12H2,1-3H3/t16-/m0/s1. The third-order valence-corrected chi connectivity index (χ3v) is 4.61. The third kappa shape index (κ3) is 4.18. The molecule has 4 heteroatoms. The van der Waals surface area contributed by atoms with E-state index in [1.54, 1.807) is 20.3 Å². The predicted molar refractivity (Wildman–Crippen MR) is 87.6 cm³/mol. The molecule has 0 aromatic heterocycles. The van der Waals surface area contributed by atoms with Gasteiger partial charge in [0.1, 0.15) is 0 Å². The van der Waals surface area contributed by atoms with E-state index in [1.807, 2.05) is 42.5 Å². The van der Waals surface area contributed by atoms with E-state index in [0.717, 1.165) is 16.3 Å². The number of rotatable bonds is 5. The van der Waals surface area contributed by atoms with Crippen LogP contribution in [0.2, 0.25) is 0 Å². The van der Waals surface area contributed by atoms with Crippen LogP contribution in [0, 0.1) is 0 Å². The van der Waals surface area contributed by atoms with Crippen LogP contribution in [0.4, 0.5) is 0 Å². The number of carbonyl (C=O) groups is 1. The molecule has 2 rings (SSSR count). The van der Waals surface area contributed by atoms with E-state index in [0.29, 0.717) is 12.8 Å². The number of hydrogen-bond donors (Lipinski definition) is 0. The van der Waals surface area contributed by atoms with E-state index in [2.05, 4.69) is 0 Å².